The van der Waals surface area contributed by atoms with Crippen molar-refractivity contribution in [2.45, 2.75) is 52.9 Å². The van der Waals surface area contributed by atoms with Crippen LogP contribution in [-0.2, 0) is 0 Å². The third kappa shape index (κ3) is 2.39. The number of halogens is 1. The SMILES string of the molecule is CC(C)(C)C1N(C(=O)O)CC(F)C(O)C1(C)C. The Balaban J connectivity index is 3.20. The van der Waals surface area contributed by atoms with Crippen LogP contribution in [-0.4, -0.2) is 46.1 Å². The van der Waals surface area contributed by atoms with Gasteiger partial charge in [0.15, 0.2) is 0 Å². The van der Waals surface area contributed by atoms with Crippen LogP contribution < -0.4 is 0 Å². The lowest BCUT2D eigenvalue weighted by molar-refractivity contribution is -0.131. The molecule has 0 spiro atoms. The number of likely N-dealkylation sites (tertiary alicyclic amines) is 1. The summed E-state index contributed by atoms with van der Waals surface area (Å²) in [6.45, 7) is 8.88. The zero-order valence-corrected chi connectivity index (χ0v) is 11.1. The van der Waals surface area contributed by atoms with Crippen LogP contribution in [0.25, 0.3) is 0 Å². The first-order chi connectivity index (χ1) is 7.49. The van der Waals surface area contributed by atoms with Crippen LogP contribution in [0.1, 0.15) is 34.6 Å². The molecule has 0 bridgehead atoms. The van der Waals surface area contributed by atoms with Gasteiger partial charge in [0, 0.05) is 11.5 Å². The molecule has 1 heterocycles. The van der Waals surface area contributed by atoms with Gasteiger partial charge in [-0.3, -0.25) is 0 Å². The van der Waals surface area contributed by atoms with E-state index in [4.69, 9.17) is 0 Å². The van der Waals surface area contributed by atoms with Crippen molar-refractivity contribution in [3.63, 3.8) is 0 Å². The molecule has 100 valence electrons. The van der Waals surface area contributed by atoms with Crippen molar-refractivity contribution in [2.24, 2.45) is 10.8 Å². The molecular formula is C12H22FNO3. The maximum absolute atomic E-state index is 13.7. The molecule has 3 unspecified atom stereocenters. The third-order valence-corrected chi connectivity index (χ3v) is 3.56. The lowest BCUT2D eigenvalue weighted by Gasteiger charge is -2.54. The third-order valence-electron chi connectivity index (χ3n) is 3.56. The molecule has 2 N–H and O–H groups in total. The van der Waals surface area contributed by atoms with Gasteiger partial charge in [0.2, 0.25) is 0 Å². The number of aliphatic hydroxyl groups is 1. The molecule has 0 aromatic heterocycles. The van der Waals surface area contributed by atoms with E-state index in [2.05, 4.69) is 0 Å². The summed E-state index contributed by atoms with van der Waals surface area (Å²) in [4.78, 5) is 12.4. The molecule has 1 fully saturated rings. The number of amides is 1. The van der Waals surface area contributed by atoms with E-state index in [1.54, 1.807) is 13.8 Å². The highest BCUT2D eigenvalue weighted by atomic mass is 19.1. The molecule has 1 rings (SSSR count). The standard InChI is InChI=1S/C12H22FNO3/c1-11(2,3)9-12(4,5)8(15)7(13)6-14(9)10(16)17/h7-9,15H,6H2,1-5H3,(H,16,17). The Hall–Kier alpha value is -0.840. The molecule has 3 atom stereocenters. The van der Waals surface area contributed by atoms with Crippen LogP contribution in [0.4, 0.5) is 9.18 Å². The van der Waals surface area contributed by atoms with Crippen molar-refractivity contribution >= 4 is 6.09 Å². The number of aliphatic hydroxyl groups excluding tert-OH is 1. The molecule has 5 heteroatoms. The lowest BCUT2D eigenvalue weighted by Crippen LogP contribution is -2.66. The van der Waals surface area contributed by atoms with Crippen molar-refractivity contribution in [1.82, 2.24) is 4.90 Å². The maximum atomic E-state index is 13.7. The molecule has 1 aliphatic heterocycles. The minimum Gasteiger partial charge on any atom is -0.465 e. The largest absolute Gasteiger partial charge is 0.465 e. The predicted molar refractivity (Wildman–Crippen MR) is 62.7 cm³/mol. The van der Waals surface area contributed by atoms with Crippen LogP contribution in [0.2, 0.25) is 0 Å². The molecule has 17 heavy (non-hydrogen) atoms. The zero-order valence-electron chi connectivity index (χ0n) is 11.1. The number of alkyl halides is 1. The van der Waals surface area contributed by atoms with Gasteiger partial charge in [-0.2, -0.15) is 0 Å². The van der Waals surface area contributed by atoms with E-state index in [9.17, 15) is 19.4 Å². The predicted octanol–water partition coefficient (Wildman–Crippen LogP) is 2.12. The van der Waals surface area contributed by atoms with Crippen molar-refractivity contribution in [3.05, 3.63) is 0 Å². The quantitative estimate of drug-likeness (QED) is 0.689. The fourth-order valence-corrected chi connectivity index (χ4v) is 3.19. The molecule has 0 radical (unpaired) electrons. The molecule has 1 saturated heterocycles. The highest BCUT2D eigenvalue weighted by molar-refractivity contribution is 5.66. The van der Waals surface area contributed by atoms with Gasteiger partial charge in [0.1, 0.15) is 6.17 Å². The first kappa shape index (κ1) is 14.2. The molecule has 1 aliphatic rings. The van der Waals surface area contributed by atoms with Crippen LogP contribution in [0, 0.1) is 10.8 Å². The van der Waals surface area contributed by atoms with Crippen molar-refractivity contribution in [2.75, 3.05) is 6.54 Å². The van der Waals surface area contributed by atoms with Gasteiger partial charge in [-0.05, 0) is 5.41 Å². The number of carbonyl (C=O) groups is 1. The van der Waals surface area contributed by atoms with Gasteiger partial charge >= 0.3 is 6.09 Å². The number of rotatable bonds is 0. The van der Waals surface area contributed by atoms with Gasteiger partial charge in [0.25, 0.3) is 0 Å². The summed E-state index contributed by atoms with van der Waals surface area (Å²) in [6.07, 6.45) is -3.80. The second kappa shape index (κ2) is 4.12. The molecule has 0 aliphatic carbocycles. The monoisotopic (exact) mass is 247 g/mol. The highest BCUT2D eigenvalue weighted by Gasteiger charge is 2.54. The molecule has 0 aromatic carbocycles. The van der Waals surface area contributed by atoms with E-state index in [0.717, 1.165) is 4.90 Å². The van der Waals surface area contributed by atoms with Crippen molar-refractivity contribution in [1.29, 1.82) is 0 Å². The van der Waals surface area contributed by atoms with Gasteiger partial charge in [-0.1, -0.05) is 34.6 Å². The summed E-state index contributed by atoms with van der Waals surface area (Å²) < 4.78 is 13.7. The smallest absolute Gasteiger partial charge is 0.407 e. The first-order valence-corrected chi connectivity index (χ1v) is 5.81. The number of piperidine rings is 1. The average Bonchev–Trinajstić information content (AvgIpc) is 2.10. The zero-order chi connectivity index (χ0) is 13.6. The van der Waals surface area contributed by atoms with Gasteiger partial charge < -0.3 is 15.1 Å². The van der Waals surface area contributed by atoms with Crippen molar-refractivity contribution < 1.29 is 19.4 Å². The second-order valence-corrected chi connectivity index (χ2v) is 6.49. The Morgan fingerprint density at radius 2 is 1.88 bits per heavy atom. The van der Waals surface area contributed by atoms with E-state index >= 15 is 0 Å². The highest BCUT2D eigenvalue weighted by Crippen LogP contribution is 2.44. The van der Waals surface area contributed by atoms with E-state index in [1.165, 1.54) is 0 Å². The Bertz CT molecular complexity index is 311. The summed E-state index contributed by atoms with van der Waals surface area (Å²) in [7, 11) is 0. The Morgan fingerprint density at radius 1 is 1.41 bits per heavy atom. The van der Waals surface area contributed by atoms with Crippen LogP contribution >= 0.6 is 0 Å². The van der Waals surface area contributed by atoms with Gasteiger partial charge in [-0.25, -0.2) is 9.18 Å². The van der Waals surface area contributed by atoms with Gasteiger partial charge in [0.05, 0.1) is 12.6 Å². The summed E-state index contributed by atoms with van der Waals surface area (Å²) in [6, 6.07) is -0.422. The number of nitrogens with zero attached hydrogens (tertiary/aromatic N) is 1. The molecule has 1 amide bonds. The van der Waals surface area contributed by atoms with Crippen LogP contribution in [0.3, 0.4) is 0 Å². The summed E-state index contributed by atoms with van der Waals surface area (Å²) in [5, 5.41) is 19.1. The van der Waals surface area contributed by atoms with Gasteiger partial charge in [-0.15, -0.1) is 0 Å². The van der Waals surface area contributed by atoms with Crippen LogP contribution in [0.15, 0.2) is 0 Å². The number of hydrogen-bond acceptors (Lipinski definition) is 2. The summed E-state index contributed by atoms with van der Waals surface area (Å²) in [5.41, 5.74) is -1.17. The average molecular weight is 247 g/mol. The normalized spacial score (nSPS) is 33.6. The molecule has 4 nitrogen and oxygen atoms in total. The minimum absolute atomic E-state index is 0.262. The first-order valence-electron chi connectivity index (χ1n) is 5.81. The van der Waals surface area contributed by atoms with E-state index < -0.39 is 29.8 Å². The summed E-state index contributed by atoms with van der Waals surface area (Å²) in [5.74, 6) is 0. The Kier molecular flexibility index (Phi) is 3.45. The molecule has 0 saturated carbocycles. The fraction of sp³-hybridized carbons (Fsp3) is 0.917. The Labute approximate surface area is 101 Å². The second-order valence-electron chi connectivity index (χ2n) is 6.49. The topological polar surface area (TPSA) is 60.8 Å². The fourth-order valence-electron chi connectivity index (χ4n) is 3.19. The van der Waals surface area contributed by atoms with Crippen molar-refractivity contribution in [3.8, 4) is 0 Å². The molecular weight excluding hydrogens is 225 g/mol. The van der Waals surface area contributed by atoms with E-state index in [1.807, 2.05) is 20.8 Å². The van der Waals surface area contributed by atoms with E-state index in [-0.39, 0.29) is 12.0 Å². The Morgan fingerprint density at radius 3 is 2.24 bits per heavy atom. The van der Waals surface area contributed by atoms with E-state index in [0.29, 0.717) is 0 Å². The lowest BCUT2D eigenvalue weighted by atomic mass is 9.64. The number of carboxylic acid groups (broad SMARTS) is 1. The molecule has 0 aromatic rings. The van der Waals surface area contributed by atoms with Crippen LogP contribution in [0.5, 0.6) is 0 Å². The minimum atomic E-state index is -1.53. The number of hydrogen-bond donors (Lipinski definition) is 2. The maximum Gasteiger partial charge on any atom is 0.407 e. The summed E-state index contributed by atoms with van der Waals surface area (Å²) >= 11 is 0.